The number of rotatable bonds is 5. The number of carbonyl (C=O) groups is 1. The summed E-state index contributed by atoms with van der Waals surface area (Å²) in [6.45, 7) is 8.06. The van der Waals surface area contributed by atoms with Gasteiger partial charge in [0, 0.05) is 12.1 Å². The molecule has 0 spiro atoms. The molecule has 1 aromatic carbocycles. The Kier molecular flexibility index (Phi) is 6.17. The number of carbonyl (C=O) groups excluding carboxylic acids is 1. The molecule has 6 nitrogen and oxygen atoms in total. The van der Waals surface area contributed by atoms with Crippen LogP contribution in [-0.4, -0.2) is 45.9 Å². The normalized spacial score (nSPS) is 16.5. The average Bonchev–Trinajstić information content (AvgIpc) is 3.04. The van der Waals surface area contributed by atoms with E-state index >= 15 is 0 Å². The van der Waals surface area contributed by atoms with E-state index in [0.717, 1.165) is 37.2 Å². The number of halogens is 1. The summed E-state index contributed by atoms with van der Waals surface area (Å²) in [5, 5.41) is 12.6. The second kappa shape index (κ2) is 8.40. The number of hydrogen-bond donors (Lipinski definition) is 1. The lowest BCUT2D eigenvalue weighted by molar-refractivity contribution is 0.0680. The van der Waals surface area contributed by atoms with Crippen molar-refractivity contribution >= 4 is 17.5 Å². The number of nitrogens with zero attached hydrogens (tertiary/aromatic N) is 4. The minimum Gasteiger partial charge on any atom is -0.333 e. The van der Waals surface area contributed by atoms with Crippen molar-refractivity contribution in [1.82, 2.24) is 25.2 Å². The first-order chi connectivity index (χ1) is 12.9. The van der Waals surface area contributed by atoms with Crippen LogP contribution in [-0.2, 0) is 0 Å². The molecular formula is C20H28ClN5O. The molecule has 1 amide bonds. The van der Waals surface area contributed by atoms with E-state index in [1.807, 2.05) is 42.9 Å². The molecule has 0 aliphatic carbocycles. The third-order valence-electron chi connectivity index (χ3n) is 5.38. The van der Waals surface area contributed by atoms with Gasteiger partial charge in [-0.3, -0.25) is 4.79 Å². The number of nitrogens with one attached hydrogen (secondary N) is 1. The van der Waals surface area contributed by atoms with E-state index in [-0.39, 0.29) is 17.9 Å². The summed E-state index contributed by atoms with van der Waals surface area (Å²) in [6.07, 6.45) is 2.00. The van der Waals surface area contributed by atoms with Crippen LogP contribution in [0, 0.1) is 12.8 Å². The molecule has 27 heavy (non-hydrogen) atoms. The van der Waals surface area contributed by atoms with Crippen LogP contribution >= 0.6 is 11.6 Å². The molecule has 1 atom stereocenters. The predicted octanol–water partition coefficient (Wildman–Crippen LogP) is 3.63. The zero-order valence-electron chi connectivity index (χ0n) is 16.4. The van der Waals surface area contributed by atoms with Gasteiger partial charge in [-0.15, -0.1) is 5.10 Å². The Morgan fingerprint density at radius 2 is 1.96 bits per heavy atom. The molecule has 3 rings (SSSR count). The van der Waals surface area contributed by atoms with Gasteiger partial charge in [0.05, 0.1) is 17.8 Å². The molecule has 146 valence electrons. The van der Waals surface area contributed by atoms with Gasteiger partial charge >= 0.3 is 0 Å². The molecule has 2 heterocycles. The van der Waals surface area contributed by atoms with Gasteiger partial charge in [0.2, 0.25) is 0 Å². The third-order valence-corrected chi connectivity index (χ3v) is 5.72. The van der Waals surface area contributed by atoms with E-state index in [2.05, 4.69) is 29.5 Å². The van der Waals surface area contributed by atoms with Crippen LogP contribution in [0.1, 0.15) is 60.5 Å². The van der Waals surface area contributed by atoms with Crippen molar-refractivity contribution in [3.05, 3.63) is 46.2 Å². The van der Waals surface area contributed by atoms with Crippen molar-refractivity contribution in [3.63, 3.8) is 0 Å². The SMILES string of the molecule is Cc1c(C(=O)N(C)C(c2ccccc2Cl)C(C)C)nnn1C1CCNCC1. The number of piperidine rings is 1. The summed E-state index contributed by atoms with van der Waals surface area (Å²) in [7, 11) is 1.82. The molecular weight excluding hydrogens is 362 g/mol. The first-order valence-corrected chi connectivity index (χ1v) is 9.93. The van der Waals surface area contributed by atoms with Crippen molar-refractivity contribution in [2.45, 2.75) is 45.7 Å². The molecule has 1 fully saturated rings. The Labute approximate surface area is 165 Å². The van der Waals surface area contributed by atoms with E-state index in [9.17, 15) is 4.79 Å². The molecule has 0 saturated carbocycles. The molecule has 1 N–H and O–H groups in total. The van der Waals surface area contributed by atoms with Crippen LogP contribution in [0.5, 0.6) is 0 Å². The summed E-state index contributed by atoms with van der Waals surface area (Å²) in [6, 6.07) is 7.87. The first kappa shape index (κ1) is 19.8. The van der Waals surface area contributed by atoms with E-state index in [4.69, 9.17) is 11.6 Å². The van der Waals surface area contributed by atoms with Gasteiger partial charge in [-0.2, -0.15) is 0 Å². The highest BCUT2D eigenvalue weighted by atomic mass is 35.5. The number of hydrogen-bond acceptors (Lipinski definition) is 4. The topological polar surface area (TPSA) is 63.1 Å². The Morgan fingerprint density at radius 1 is 1.30 bits per heavy atom. The molecule has 7 heteroatoms. The molecule has 0 radical (unpaired) electrons. The first-order valence-electron chi connectivity index (χ1n) is 9.56. The molecule has 1 saturated heterocycles. The Balaban J connectivity index is 1.88. The highest BCUT2D eigenvalue weighted by Gasteiger charge is 2.31. The summed E-state index contributed by atoms with van der Waals surface area (Å²) in [5.41, 5.74) is 2.21. The second-order valence-corrected chi connectivity index (χ2v) is 7.98. The predicted molar refractivity (Wildman–Crippen MR) is 107 cm³/mol. The fourth-order valence-electron chi connectivity index (χ4n) is 3.96. The maximum absolute atomic E-state index is 13.2. The zero-order chi connectivity index (χ0) is 19.6. The van der Waals surface area contributed by atoms with Gasteiger partial charge in [0.15, 0.2) is 5.69 Å². The van der Waals surface area contributed by atoms with Crippen LogP contribution in [0.2, 0.25) is 5.02 Å². The highest BCUT2D eigenvalue weighted by Crippen LogP contribution is 2.33. The molecule has 1 unspecified atom stereocenters. The van der Waals surface area contributed by atoms with Crippen molar-refractivity contribution < 1.29 is 4.79 Å². The average molecular weight is 390 g/mol. The largest absolute Gasteiger partial charge is 0.333 e. The maximum atomic E-state index is 13.2. The maximum Gasteiger partial charge on any atom is 0.276 e. The number of aromatic nitrogens is 3. The van der Waals surface area contributed by atoms with Gasteiger partial charge in [0.1, 0.15) is 0 Å². The lowest BCUT2D eigenvalue weighted by Gasteiger charge is -2.32. The van der Waals surface area contributed by atoms with Gasteiger partial charge in [-0.25, -0.2) is 4.68 Å². The molecule has 2 aromatic rings. The number of benzene rings is 1. The quantitative estimate of drug-likeness (QED) is 0.848. The van der Waals surface area contributed by atoms with E-state index in [1.165, 1.54) is 0 Å². The Morgan fingerprint density at radius 3 is 2.59 bits per heavy atom. The standard InChI is InChI=1S/C20H28ClN5O/c1-13(2)19(16-7-5-6-8-17(16)21)25(4)20(27)18-14(3)26(24-23-18)15-9-11-22-12-10-15/h5-8,13,15,19,22H,9-12H2,1-4H3. The number of amides is 1. The molecule has 1 aliphatic heterocycles. The summed E-state index contributed by atoms with van der Waals surface area (Å²) in [4.78, 5) is 15.0. The fourth-order valence-corrected chi connectivity index (χ4v) is 4.21. The Bertz CT molecular complexity index is 797. The molecule has 1 aromatic heterocycles. The van der Waals surface area contributed by atoms with Crippen LogP contribution in [0.15, 0.2) is 24.3 Å². The van der Waals surface area contributed by atoms with Gasteiger partial charge in [-0.1, -0.05) is 48.9 Å². The molecule has 1 aliphatic rings. The van der Waals surface area contributed by atoms with Crippen molar-refractivity contribution in [2.24, 2.45) is 5.92 Å². The van der Waals surface area contributed by atoms with E-state index in [0.29, 0.717) is 16.8 Å². The summed E-state index contributed by atoms with van der Waals surface area (Å²) >= 11 is 6.42. The fraction of sp³-hybridized carbons (Fsp3) is 0.550. The van der Waals surface area contributed by atoms with Crippen LogP contribution in [0.4, 0.5) is 0 Å². The van der Waals surface area contributed by atoms with E-state index < -0.39 is 0 Å². The smallest absolute Gasteiger partial charge is 0.276 e. The highest BCUT2D eigenvalue weighted by molar-refractivity contribution is 6.31. The van der Waals surface area contributed by atoms with Gasteiger partial charge < -0.3 is 10.2 Å². The van der Waals surface area contributed by atoms with Crippen LogP contribution in [0.25, 0.3) is 0 Å². The summed E-state index contributed by atoms with van der Waals surface area (Å²) < 4.78 is 1.92. The summed E-state index contributed by atoms with van der Waals surface area (Å²) in [5.74, 6) is 0.0879. The third kappa shape index (κ3) is 4.01. The second-order valence-electron chi connectivity index (χ2n) is 7.58. The van der Waals surface area contributed by atoms with Crippen LogP contribution < -0.4 is 5.32 Å². The van der Waals surface area contributed by atoms with Crippen LogP contribution in [0.3, 0.4) is 0 Å². The van der Waals surface area contributed by atoms with Crippen molar-refractivity contribution in [3.8, 4) is 0 Å². The minimum atomic E-state index is -0.130. The minimum absolute atomic E-state index is 0.119. The zero-order valence-corrected chi connectivity index (χ0v) is 17.2. The lowest BCUT2D eigenvalue weighted by atomic mass is 9.94. The monoisotopic (exact) mass is 389 g/mol. The van der Waals surface area contributed by atoms with Gasteiger partial charge in [-0.05, 0) is 50.4 Å². The lowest BCUT2D eigenvalue weighted by Crippen LogP contribution is -2.35. The van der Waals surface area contributed by atoms with Crippen molar-refractivity contribution in [2.75, 3.05) is 20.1 Å². The van der Waals surface area contributed by atoms with Gasteiger partial charge in [0.25, 0.3) is 5.91 Å². The molecule has 0 bridgehead atoms. The van der Waals surface area contributed by atoms with E-state index in [1.54, 1.807) is 4.90 Å². The Hall–Kier alpha value is -1.92. The van der Waals surface area contributed by atoms with Crippen molar-refractivity contribution in [1.29, 1.82) is 0 Å².